The van der Waals surface area contributed by atoms with Crippen molar-refractivity contribution in [2.24, 2.45) is 10.9 Å². The number of carbonyl (C=O) groups is 2. The van der Waals surface area contributed by atoms with Crippen molar-refractivity contribution in [3.8, 4) is 0 Å². The fourth-order valence-electron chi connectivity index (χ4n) is 1.07. The lowest BCUT2D eigenvalue weighted by atomic mass is 10.3. The van der Waals surface area contributed by atoms with Crippen LogP contribution < -0.4 is 28.0 Å². The summed E-state index contributed by atoms with van der Waals surface area (Å²) in [6.45, 7) is -0.0144. The molecule has 0 aliphatic heterocycles. The van der Waals surface area contributed by atoms with Crippen LogP contribution in [0.3, 0.4) is 0 Å². The van der Waals surface area contributed by atoms with Crippen molar-refractivity contribution >= 4 is 18.2 Å². The Morgan fingerprint density at radius 2 is 2.06 bits per heavy atom. The zero-order chi connectivity index (χ0) is 12.0. The van der Waals surface area contributed by atoms with Gasteiger partial charge in [-0.05, 0) is 0 Å². The topological polar surface area (TPSA) is 109 Å². The third-order valence-electron chi connectivity index (χ3n) is 1.71. The van der Waals surface area contributed by atoms with Crippen LogP contribution in [0.25, 0.3) is 0 Å². The lowest BCUT2D eigenvalue weighted by Gasteiger charge is -1.97. The highest BCUT2D eigenvalue weighted by Gasteiger charge is 2.10. The van der Waals surface area contributed by atoms with E-state index in [1.54, 1.807) is 29.1 Å². The van der Waals surface area contributed by atoms with Crippen molar-refractivity contribution in [3.63, 3.8) is 0 Å². The number of nitrogens with zero attached hydrogens (tertiary/aromatic N) is 2. The summed E-state index contributed by atoms with van der Waals surface area (Å²) < 4.78 is 1.55. The molecule has 0 spiro atoms. The predicted molar refractivity (Wildman–Crippen MR) is 53.7 cm³/mol. The molecule has 3 amide bonds. The fraction of sp³-hybridized carbons (Fsp3) is 0.111. The molecule has 1 aromatic rings. The molecule has 1 rings (SSSR count). The maximum atomic E-state index is 11.1. The first kappa shape index (κ1) is 14.8. The Bertz CT molecular complexity index is 419. The van der Waals surface area contributed by atoms with Gasteiger partial charge in [0.25, 0.3) is 5.91 Å². The molecule has 0 fully saturated rings. The molecule has 0 unspecified atom stereocenters. The summed E-state index contributed by atoms with van der Waals surface area (Å²) in [6, 6.07) is 2.42. The number of carbonyl (C=O) groups excluding carboxylic acids is 2. The molecule has 92 valence electrons. The van der Waals surface area contributed by atoms with Crippen LogP contribution in [0.4, 0.5) is 4.79 Å². The van der Waals surface area contributed by atoms with Gasteiger partial charge in [0.15, 0.2) is 12.4 Å². The number of primary amides is 1. The van der Waals surface area contributed by atoms with Crippen LogP contribution in [-0.2, 0) is 11.3 Å². The van der Waals surface area contributed by atoms with E-state index in [9.17, 15) is 9.59 Å². The van der Waals surface area contributed by atoms with E-state index in [1.807, 2.05) is 5.32 Å². The number of amides is 3. The summed E-state index contributed by atoms with van der Waals surface area (Å²) in [7, 11) is 0. The number of pyridine rings is 1. The normalized spacial score (nSPS) is 9.65. The Morgan fingerprint density at radius 1 is 1.47 bits per heavy atom. The minimum Gasteiger partial charge on any atom is -1.00 e. The smallest absolute Gasteiger partial charge is 0.319 e. The standard InChI is InChI=1S/C9H10N4O3.ClH/c10-9(15)12-8(14)6-13-3-1-7(2-4-13)5-11-16;/h1-5H,6H2,(H3,10,12,14,15);1H. The average molecular weight is 259 g/mol. The number of nitrogens with two attached hydrogens (primary N) is 1. The van der Waals surface area contributed by atoms with Crippen LogP contribution >= 0.6 is 0 Å². The summed E-state index contributed by atoms with van der Waals surface area (Å²) >= 11 is 0. The van der Waals surface area contributed by atoms with Gasteiger partial charge in [0.05, 0.1) is 6.21 Å². The number of hydrogen-bond donors (Lipinski definition) is 3. The van der Waals surface area contributed by atoms with Gasteiger partial charge in [-0.1, -0.05) is 5.16 Å². The number of aromatic nitrogens is 1. The molecule has 4 N–H and O–H groups in total. The van der Waals surface area contributed by atoms with Crippen LogP contribution in [-0.4, -0.2) is 23.4 Å². The summed E-state index contributed by atoms with van der Waals surface area (Å²) in [6.07, 6.45) is 4.48. The van der Waals surface area contributed by atoms with Gasteiger partial charge >= 0.3 is 6.03 Å². The minimum atomic E-state index is -0.880. The average Bonchev–Trinajstić information content (AvgIpc) is 2.20. The molecule has 0 aliphatic carbocycles. The SMILES string of the molecule is NC(=O)NC(=O)C[n+]1ccc(/C=N/O)cc1.[Cl-]. The molecule has 0 saturated carbocycles. The second kappa shape index (κ2) is 7.18. The van der Waals surface area contributed by atoms with Crippen LogP contribution in [0.1, 0.15) is 5.56 Å². The third kappa shape index (κ3) is 5.47. The van der Waals surface area contributed by atoms with Gasteiger partial charge in [0.1, 0.15) is 0 Å². The van der Waals surface area contributed by atoms with Gasteiger partial charge in [-0.25, -0.2) is 4.79 Å². The fourth-order valence-corrected chi connectivity index (χ4v) is 1.07. The Balaban J connectivity index is 0.00000256. The first-order valence-electron chi connectivity index (χ1n) is 4.37. The zero-order valence-corrected chi connectivity index (χ0v) is 9.46. The van der Waals surface area contributed by atoms with Crippen molar-refractivity contribution < 1.29 is 31.8 Å². The van der Waals surface area contributed by atoms with E-state index in [0.29, 0.717) is 5.56 Å². The number of urea groups is 1. The van der Waals surface area contributed by atoms with Crippen molar-refractivity contribution in [2.45, 2.75) is 6.54 Å². The minimum absolute atomic E-state index is 0. The Kier molecular flexibility index (Phi) is 6.27. The Labute approximate surface area is 103 Å². The van der Waals surface area contributed by atoms with E-state index >= 15 is 0 Å². The van der Waals surface area contributed by atoms with E-state index in [2.05, 4.69) is 5.16 Å². The number of oxime groups is 1. The molecule has 17 heavy (non-hydrogen) atoms. The summed E-state index contributed by atoms with van der Waals surface area (Å²) in [5, 5.41) is 13.1. The third-order valence-corrected chi connectivity index (χ3v) is 1.71. The molecule has 0 atom stereocenters. The van der Waals surface area contributed by atoms with Crippen LogP contribution in [0.2, 0.25) is 0 Å². The highest BCUT2D eigenvalue weighted by Crippen LogP contribution is 1.89. The molecular weight excluding hydrogens is 248 g/mol. The molecule has 0 radical (unpaired) electrons. The monoisotopic (exact) mass is 258 g/mol. The molecule has 0 aromatic carbocycles. The van der Waals surface area contributed by atoms with E-state index in [4.69, 9.17) is 10.9 Å². The van der Waals surface area contributed by atoms with Gasteiger partial charge in [-0.15, -0.1) is 0 Å². The molecule has 1 heterocycles. The van der Waals surface area contributed by atoms with Gasteiger partial charge in [0, 0.05) is 17.7 Å². The first-order chi connectivity index (χ1) is 7.61. The highest BCUT2D eigenvalue weighted by molar-refractivity contribution is 5.92. The number of nitrogens with one attached hydrogen (secondary N) is 1. The maximum absolute atomic E-state index is 11.1. The highest BCUT2D eigenvalue weighted by atomic mass is 35.5. The number of rotatable bonds is 3. The van der Waals surface area contributed by atoms with E-state index in [1.165, 1.54) is 6.21 Å². The van der Waals surface area contributed by atoms with Gasteiger partial charge in [-0.3, -0.25) is 10.1 Å². The van der Waals surface area contributed by atoms with Crippen molar-refractivity contribution in [3.05, 3.63) is 30.1 Å². The molecule has 0 bridgehead atoms. The lowest BCUT2D eigenvalue weighted by Crippen LogP contribution is -3.00. The second-order valence-corrected chi connectivity index (χ2v) is 2.96. The quantitative estimate of drug-likeness (QED) is 0.222. The second-order valence-electron chi connectivity index (χ2n) is 2.96. The van der Waals surface area contributed by atoms with Crippen LogP contribution in [0, 0.1) is 0 Å². The van der Waals surface area contributed by atoms with Gasteiger partial charge in [-0.2, -0.15) is 4.57 Å². The molecule has 7 nitrogen and oxygen atoms in total. The molecule has 0 aliphatic rings. The summed E-state index contributed by atoms with van der Waals surface area (Å²) in [4.78, 5) is 21.5. The number of imide groups is 1. The maximum Gasteiger partial charge on any atom is 0.319 e. The number of halogens is 1. The van der Waals surface area contributed by atoms with Crippen LogP contribution in [0.5, 0.6) is 0 Å². The molecule has 1 aromatic heterocycles. The van der Waals surface area contributed by atoms with E-state index in [0.717, 1.165) is 0 Å². The van der Waals surface area contributed by atoms with Crippen molar-refractivity contribution in [1.82, 2.24) is 5.32 Å². The molecule has 8 heteroatoms. The summed E-state index contributed by atoms with van der Waals surface area (Å²) in [5.41, 5.74) is 5.47. The Morgan fingerprint density at radius 3 is 2.53 bits per heavy atom. The lowest BCUT2D eigenvalue weighted by molar-refractivity contribution is -0.684. The first-order valence-corrected chi connectivity index (χ1v) is 4.37. The predicted octanol–water partition coefficient (Wildman–Crippen LogP) is -4.02. The van der Waals surface area contributed by atoms with Gasteiger partial charge in [0.2, 0.25) is 6.54 Å². The van der Waals surface area contributed by atoms with Gasteiger partial charge < -0.3 is 23.3 Å². The van der Waals surface area contributed by atoms with Crippen molar-refractivity contribution in [2.75, 3.05) is 0 Å². The zero-order valence-electron chi connectivity index (χ0n) is 8.71. The largest absolute Gasteiger partial charge is 1.00 e. The van der Waals surface area contributed by atoms with E-state index < -0.39 is 11.9 Å². The molecule has 0 saturated heterocycles. The van der Waals surface area contributed by atoms with Crippen molar-refractivity contribution in [1.29, 1.82) is 0 Å². The number of hydrogen-bond acceptors (Lipinski definition) is 4. The van der Waals surface area contributed by atoms with Crippen LogP contribution in [0.15, 0.2) is 29.7 Å². The van der Waals surface area contributed by atoms with E-state index in [-0.39, 0.29) is 19.0 Å². The Hall–Kier alpha value is -2.15. The molecular formula is C9H11ClN4O3. The summed E-state index contributed by atoms with van der Waals surface area (Å²) in [5.74, 6) is -0.499.